The molecule has 0 amide bonds. The second-order valence-electron chi connectivity index (χ2n) is 7.76. The molecule has 2 aromatic heterocycles. The summed E-state index contributed by atoms with van der Waals surface area (Å²) in [6, 6.07) is 16.3. The molecule has 0 radical (unpaired) electrons. The van der Waals surface area contributed by atoms with Crippen LogP contribution in [0.5, 0.6) is 0 Å². The predicted octanol–water partition coefficient (Wildman–Crippen LogP) is 5.36. The Hall–Kier alpha value is -4.01. The van der Waals surface area contributed by atoms with Gasteiger partial charge in [0, 0.05) is 22.5 Å². The molecule has 9 heteroatoms. The lowest BCUT2D eigenvalue weighted by Crippen LogP contribution is -2.33. The van der Waals surface area contributed by atoms with Gasteiger partial charge in [-0.2, -0.15) is 18.3 Å². The number of nitrogens with zero attached hydrogens (tertiary/aromatic N) is 3. The Labute approximate surface area is 191 Å². The van der Waals surface area contributed by atoms with Gasteiger partial charge in [-0.1, -0.05) is 42.5 Å². The van der Waals surface area contributed by atoms with Crippen LogP contribution in [0.1, 0.15) is 27.3 Å². The van der Waals surface area contributed by atoms with Crippen molar-refractivity contribution in [2.75, 3.05) is 0 Å². The third-order valence-electron chi connectivity index (χ3n) is 5.47. The summed E-state index contributed by atoms with van der Waals surface area (Å²) in [5, 5.41) is 4.03. The smallest absolute Gasteiger partial charge is 0.315 e. The van der Waals surface area contributed by atoms with E-state index in [0.29, 0.717) is 27.7 Å². The first-order chi connectivity index (χ1) is 16.1. The zero-order valence-corrected chi connectivity index (χ0v) is 18.2. The van der Waals surface area contributed by atoms with Gasteiger partial charge in [-0.3, -0.25) is 9.59 Å². The summed E-state index contributed by atoms with van der Waals surface area (Å²) in [4.78, 5) is 25.7. The van der Waals surface area contributed by atoms with Gasteiger partial charge in [0.05, 0.1) is 11.4 Å². The number of hydrogen-bond donors (Lipinski definition) is 0. The molecule has 0 fully saturated rings. The van der Waals surface area contributed by atoms with Crippen molar-refractivity contribution < 1.29 is 22.4 Å². The van der Waals surface area contributed by atoms with Crippen LogP contribution in [0.4, 0.5) is 17.6 Å². The number of aromatic nitrogens is 3. The highest BCUT2D eigenvalue weighted by atomic mass is 19.4. The Morgan fingerprint density at radius 2 is 1.62 bits per heavy atom. The van der Waals surface area contributed by atoms with E-state index in [-0.39, 0.29) is 16.9 Å². The highest BCUT2D eigenvalue weighted by molar-refractivity contribution is 5.97. The van der Waals surface area contributed by atoms with E-state index in [1.54, 1.807) is 60.9 Å². The number of carbonyl (C=O) groups is 1. The van der Waals surface area contributed by atoms with Gasteiger partial charge < -0.3 is 4.57 Å². The lowest BCUT2D eigenvalue weighted by atomic mass is 10.1. The summed E-state index contributed by atoms with van der Waals surface area (Å²) < 4.78 is 57.1. The van der Waals surface area contributed by atoms with E-state index in [1.807, 2.05) is 0 Å². The molecule has 5 nitrogen and oxygen atoms in total. The minimum absolute atomic E-state index is 0.0860. The van der Waals surface area contributed by atoms with Crippen molar-refractivity contribution >= 4 is 5.78 Å². The van der Waals surface area contributed by atoms with Gasteiger partial charge in [-0.05, 0) is 38.1 Å². The fourth-order valence-corrected chi connectivity index (χ4v) is 3.87. The quantitative estimate of drug-likeness (QED) is 0.292. The van der Waals surface area contributed by atoms with Crippen LogP contribution in [-0.4, -0.2) is 20.1 Å². The minimum Gasteiger partial charge on any atom is -0.315 e. The average molecular weight is 469 g/mol. The zero-order valence-electron chi connectivity index (χ0n) is 18.2. The van der Waals surface area contributed by atoms with Crippen molar-refractivity contribution in [2.45, 2.75) is 26.6 Å². The SMILES string of the molecule is Cc1cc(C(=O)Cn2nc(-c3ccccc3)cc(C(F)(F)F)c2=O)c(C)n1-c1ccccc1F. The maximum absolute atomic E-state index is 14.3. The van der Waals surface area contributed by atoms with Crippen molar-refractivity contribution in [1.82, 2.24) is 14.3 Å². The lowest BCUT2D eigenvalue weighted by Gasteiger charge is -2.13. The predicted molar refractivity (Wildman–Crippen MR) is 118 cm³/mol. The summed E-state index contributed by atoms with van der Waals surface area (Å²) in [6.07, 6.45) is -4.92. The first kappa shape index (κ1) is 23.2. The number of Topliss-reactive ketones (excluding diaryl/α,β-unsaturated/α-hetero) is 1. The van der Waals surface area contributed by atoms with Crippen LogP contribution in [0.15, 0.2) is 71.5 Å². The number of para-hydroxylation sites is 1. The third kappa shape index (κ3) is 4.28. The lowest BCUT2D eigenvalue weighted by molar-refractivity contribution is -0.139. The summed E-state index contributed by atoms with van der Waals surface area (Å²) in [7, 11) is 0. The van der Waals surface area contributed by atoms with E-state index < -0.39 is 35.4 Å². The molecule has 0 atom stereocenters. The monoisotopic (exact) mass is 469 g/mol. The topological polar surface area (TPSA) is 56.9 Å². The molecule has 2 heterocycles. The molecule has 0 unspecified atom stereocenters. The summed E-state index contributed by atoms with van der Waals surface area (Å²) >= 11 is 0. The number of halogens is 4. The van der Waals surface area contributed by atoms with Gasteiger partial charge in [-0.15, -0.1) is 0 Å². The molecule has 0 aliphatic carbocycles. The van der Waals surface area contributed by atoms with Crippen LogP contribution < -0.4 is 5.56 Å². The molecule has 34 heavy (non-hydrogen) atoms. The van der Waals surface area contributed by atoms with Crippen molar-refractivity contribution in [3.8, 4) is 16.9 Å². The molecule has 0 N–H and O–H groups in total. The molecule has 2 aromatic carbocycles. The molecule has 0 aliphatic heterocycles. The van der Waals surface area contributed by atoms with Gasteiger partial charge in [0.25, 0.3) is 5.56 Å². The van der Waals surface area contributed by atoms with Crippen LogP contribution in [0.3, 0.4) is 0 Å². The molecule has 4 aromatic rings. The Kier molecular flexibility index (Phi) is 5.95. The zero-order chi connectivity index (χ0) is 24.6. The summed E-state index contributed by atoms with van der Waals surface area (Å²) in [5.41, 5.74) is -1.19. The number of alkyl halides is 3. The molecule has 0 saturated carbocycles. The highest BCUT2D eigenvalue weighted by Crippen LogP contribution is 2.29. The molecular formula is C25H19F4N3O2. The molecular weight excluding hydrogens is 450 g/mol. The normalized spacial score (nSPS) is 11.6. The van der Waals surface area contributed by atoms with Gasteiger partial charge in [-0.25, -0.2) is 9.07 Å². The molecule has 0 spiro atoms. The fourth-order valence-electron chi connectivity index (χ4n) is 3.87. The number of benzene rings is 2. The Morgan fingerprint density at radius 3 is 2.26 bits per heavy atom. The van der Waals surface area contributed by atoms with Crippen molar-refractivity contribution in [1.29, 1.82) is 0 Å². The largest absolute Gasteiger partial charge is 0.421 e. The van der Waals surface area contributed by atoms with E-state index >= 15 is 0 Å². The molecule has 174 valence electrons. The second kappa shape index (κ2) is 8.74. The van der Waals surface area contributed by atoms with E-state index in [0.717, 1.165) is 0 Å². The third-order valence-corrected chi connectivity index (χ3v) is 5.47. The van der Waals surface area contributed by atoms with Crippen LogP contribution in [0.25, 0.3) is 16.9 Å². The molecule has 4 rings (SSSR count). The Bertz CT molecular complexity index is 1440. The van der Waals surface area contributed by atoms with E-state index in [4.69, 9.17) is 0 Å². The van der Waals surface area contributed by atoms with Crippen molar-refractivity contribution in [2.24, 2.45) is 0 Å². The number of carbonyl (C=O) groups excluding carboxylic acids is 1. The highest BCUT2D eigenvalue weighted by Gasteiger charge is 2.36. The maximum atomic E-state index is 14.3. The number of rotatable bonds is 5. The summed E-state index contributed by atoms with van der Waals surface area (Å²) in [6.45, 7) is 2.58. The number of ketones is 1. The molecule has 0 aliphatic rings. The van der Waals surface area contributed by atoms with Crippen LogP contribution in [0.2, 0.25) is 0 Å². The fraction of sp³-hybridized carbons (Fsp3) is 0.160. The number of aryl methyl sites for hydroxylation is 1. The number of hydrogen-bond acceptors (Lipinski definition) is 3. The van der Waals surface area contributed by atoms with Gasteiger partial charge in [0.1, 0.15) is 17.9 Å². The van der Waals surface area contributed by atoms with Crippen molar-refractivity contribution in [3.05, 3.63) is 105 Å². The Morgan fingerprint density at radius 1 is 0.971 bits per heavy atom. The average Bonchev–Trinajstić information content (AvgIpc) is 3.09. The maximum Gasteiger partial charge on any atom is 0.421 e. The molecule has 0 bridgehead atoms. The summed E-state index contributed by atoms with van der Waals surface area (Å²) in [5.74, 6) is -1.12. The first-order valence-corrected chi connectivity index (χ1v) is 10.3. The van der Waals surface area contributed by atoms with E-state index in [1.165, 1.54) is 18.2 Å². The molecule has 0 saturated heterocycles. The van der Waals surface area contributed by atoms with E-state index in [2.05, 4.69) is 5.10 Å². The standard InChI is InChI=1S/C25H19F4N3O2/c1-15-12-18(16(2)32(15)22-11-7-6-10-20(22)26)23(33)14-31-24(34)19(25(27,28)29)13-21(30-31)17-8-4-3-5-9-17/h3-13H,14H2,1-2H3. The minimum atomic E-state index is -4.92. The van der Waals surface area contributed by atoms with Crippen LogP contribution in [0, 0.1) is 19.7 Å². The van der Waals surface area contributed by atoms with E-state index in [9.17, 15) is 27.2 Å². The second-order valence-corrected chi connectivity index (χ2v) is 7.76. The van der Waals surface area contributed by atoms with Crippen LogP contribution in [-0.2, 0) is 12.7 Å². The van der Waals surface area contributed by atoms with Gasteiger partial charge in [0.15, 0.2) is 5.78 Å². The Balaban J connectivity index is 1.78. The van der Waals surface area contributed by atoms with Gasteiger partial charge >= 0.3 is 6.18 Å². The van der Waals surface area contributed by atoms with Gasteiger partial charge in [0.2, 0.25) is 0 Å². The van der Waals surface area contributed by atoms with Crippen molar-refractivity contribution in [3.63, 3.8) is 0 Å². The first-order valence-electron chi connectivity index (χ1n) is 10.3. The van der Waals surface area contributed by atoms with Crippen LogP contribution >= 0.6 is 0 Å².